The maximum Gasteiger partial charge on any atom is 0.298 e. The van der Waals surface area contributed by atoms with Crippen LogP contribution in [0.5, 0.6) is 11.5 Å². The fraction of sp³-hybridized carbons (Fsp3) is 0.154. The summed E-state index contributed by atoms with van der Waals surface area (Å²) in [5.41, 5.74) is 3.37. The zero-order chi connectivity index (χ0) is 24.2. The summed E-state index contributed by atoms with van der Waals surface area (Å²) in [6.07, 6.45) is 1.67. The largest absolute Gasteiger partial charge is 0.490 e. The molecule has 0 spiro atoms. The highest BCUT2D eigenvalue weighted by molar-refractivity contribution is 9.10. The number of benzene rings is 3. The molecule has 1 fully saturated rings. The maximum absolute atomic E-state index is 13.0. The van der Waals surface area contributed by atoms with Crippen molar-refractivity contribution in [2.24, 2.45) is 0 Å². The van der Waals surface area contributed by atoms with Crippen LogP contribution in [0.2, 0.25) is 5.02 Å². The van der Waals surface area contributed by atoms with Crippen molar-refractivity contribution in [3.8, 4) is 11.5 Å². The monoisotopic (exact) mass is 557 g/mol. The van der Waals surface area contributed by atoms with Crippen molar-refractivity contribution in [2.75, 3.05) is 11.5 Å². The number of imide groups is 1. The molecule has 5 nitrogen and oxygen atoms in total. The number of carbonyl (C=O) groups excluding carboxylic acids is 2. The summed E-state index contributed by atoms with van der Waals surface area (Å²) in [4.78, 5) is 27.0. The molecule has 2 amide bonds. The molecule has 4 rings (SSSR count). The zero-order valence-electron chi connectivity index (χ0n) is 18.5. The molecule has 174 valence electrons. The first kappa shape index (κ1) is 24.4. The van der Waals surface area contributed by atoms with Crippen LogP contribution in [0.15, 0.2) is 70.0 Å². The van der Waals surface area contributed by atoms with Gasteiger partial charge in [-0.05, 0) is 89.1 Å². The number of hydrogen-bond acceptors (Lipinski definition) is 5. The van der Waals surface area contributed by atoms with Crippen LogP contribution in [0.3, 0.4) is 0 Å². The second kappa shape index (κ2) is 10.7. The third kappa shape index (κ3) is 5.49. The molecule has 8 heteroatoms. The van der Waals surface area contributed by atoms with Gasteiger partial charge in [-0.1, -0.05) is 47.5 Å². The summed E-state index contributed by atoms with van der Waals surface area (Å²) in [6.45, 7) is 4.76. The molecule has 1 heterocycles. The Morgan fingerprint density at radius 2 is 1.82 bits per heavy atom. The van der Waals surface area contributed by atoms with Crippen LogP contribution in [0.1, 0.15) is 23.6 Å². The number of thioether (sulfide) groups is 1. The van der Waals surface area contributed by atoms with Gasteiger partial charge >= 0.3 is 0 Å². The molecule has 1 aliphatic heterocycles. The van der Waals surface area contributed by atoms with Crippen molar-refractivity contribution in [1.82, 2.24) is 0 Å². The number of halogens is 2. The van der Waals surface area contributed by atoms with Crippen LogP contribution in [-0.4, -0.2) is 17.8 Å². The average Bonchev–Trinajstić information content (AvgIpc) is 3.07. The first-order valence-electron chi connectivity index (χ1n) is 10.5. The molecule has 0 aromatic heterocycles. The van der Waals surface area contributed by atoms with Gasteiger partial charge in [0.25, 0.3) is 11.1 Å². The summed E-state index contributed by atoms with van der Waals surface area (Å²) < 4.78 is 12.6. The van der Waals surface area contributed by atoms with Gasteiger partial charge < -0.3 is 9.47 Å². The van der Waals surface area contributed by atoms with Crippen LogP contribution in [0.4, 0.5) is 10.5 Å². The Balaban J connectivity index is 1.60. The van der Waals surface area contributed by atoms with E-state index in [1.54, 1.807) is 36.4 Å². The van der Waals surface area contributed by atoms with Gasteiger partial charge in [0.1, 0.15) is 6.61 Å². The molecule has 0 radical (unpaired) electrons. The van der Waals surface area contributed by atoms with Gasteiger partial charge in [0, 0.05) is 5.02 Å². The Kier molecular flexibility index (Phi) is 7.66. The number of amides is 2. The number of hydrogen-bond donors (Lipinski definition) is 0. The molecule has 1 aliphatic rings. The van der Waals surface area contributed by atoms with Gasteiger partial charge in [-0.15, -0.1) is 0 Å². The van der Waals surface area contributed by atoms with Crippen molar-refractivity contribution in [3.05, 3.63) is 91.8 Å². The van der Waals surface area contributed by atoms with Gasteiger partial charge in [0.15, 0.2) is 11.5 Å². The summed E-state index contributed by atoms with van der Waals surface area (Å²) in [5, 5.41) is 0.0766. The molecule has 0 saturated carbocycles. The van der Waals surface area contributed by atoms with Crippen LogP contribution >= 0.6 is 39.3 Å². The first-order chi connectivity index (χ1) is 16.4. The number of carbonyl (C=O) groups is 2. The second-order valence-electron chi connectivity index (χ2n) is 7.53. The number of nitrogens with zero attached hydrogens (tertiary/aromatic N) is 1. The van der Waals surface area contributed by atoms with E-state index in [4.69, 9.17) is 21.1 Å². The van der Waals surface area contributed by atoms with E-state index in [1.807, 2.05) is 44.2 Å². The molecule has 3 aromatic carbocycles. The summed E-state index contributed by atoms with van der Waals surface area (Å²) in [6, 6.07) is 18.4. The Labute approximate surface area is 215 Å². The summed E-state index contributed by atoms with van der Waals surface area (Å²) in [7, 11) is 0. The lowest BCUT2D eigenvalue weighted by Gasteiger charge is -2.15. The molecule has 3 aromatic rings. The van der Waals surface area contributed by atoms with E-state index in [-0.39, 0.29) is 5.24 Å². The fourth-order valence-electron chi connectivity index (χ4n) is 3.37. The molecule has 0 bridgehead atoms. The van der Waals surface area contributed by atoms with Gasteiger partial charge in [-0.2, -0.15) is 0 Å². The highest BCUT2D eigenvalue weighted by atomic mass is 79.9. The number of aryl methyl sites for hydroxylation is 1. The predicted octanol–water partition coefficient (Wildman–Crippen LogP) is 7.63. The normalized spacial score (nSPS) is 14.7. The number of ether oxygens (including phenoxy) is 2. The predicted molar refractivity (Wildman–Crippen MR) is 141 cm³/mol. The lowest BCUT2D eigenvalue weighted by atomic mass is 10.1. The topological polar surface area (TPSA) is 55.8 Å². The quantitative estimate of drug-likeness (QED) is 0.279. The third-order valence-corrected chi connectivity index (χ3v) is 6.69. The summed E-state index contributed by atoms with van der Waals surface area (Å²) in [5.74, 6) is 0.724. The van der Waals surface area contributed by atoms with Crippen LogP contribution in [0, 0.1) is 6.92 Å². The molecule has 0 N–H and O–H groups in total. The molecule has 0 atom stereocenters. The number of anilines is 1. The maximum atomic E-state index is 13.0. The molecular formula is C26H21BrClNO4S. The second-order valence-corrected chi connectivity index (χ2v) is 9.82. The average molecular weight is 559 g/mol. The minimum Gasteiger partial charge on any atom is -0.490 e. The third-order valence-electron chi connectivity index (χ3n) is 4.99. The van der Waals surface area contributed by atoms with Gasteiger partial charge in [-0.25, -0.2) is 4.90 Å². The minimum absolute atomic E-state index is 0.313. The van der Waals surface area contributed by atoms with Gasteiger partial charge in [0.05, 0.1) is 21.7 Å². The Morgan fingerprint density at radius 1 is 1.06 bits per heavy atom. The van der Waals surface area contributed by atoms with E-state index in [2.05, 4.69) is 15.9 Å². The van der Waals surface area contributed by atoms with E-state index in [0.717, 1.165) is 22.2 Å². The molecule has 34 heavy (non-hydrogen) atoms. The van der Waals surface area contributed by atoms with E-state index in [9.17, 15) is 9.59 Å². The molecule has 0 unspecified atom stereocenters. The Morgan fingerprint density at radius 3 is 2.53 bits per heavy atom. The van der Waals surface area contributed by atoms with E-state index in [1.165, 1.54) is 5.56 Å². The standard InChI is InChI=1S/C26H21BrClNO4S/c1-3-32-22-12-18(11-21(27)24(22)33-15-17-9-7-16(2)8-10-17)13-23-25(30)29(26(31)34-23)20-6-4-5-19(28)14-20/h4-14H,3,15H2,1-2H3/b23-13+. The van der Waals surface area contributed by atoms with Crippen molar-refractivity contribution < 1.29 is 19.1 Å². The van der Waals surface area contributed by atoms with E-state index >= 15 is 0 Å². The Hall–Kier alpha value is -2.74. The fourth-order valence-corrected chi connectivity index (χ4v) is 4.97. The van der Waals surface area contributed by atoms with Gasteiger partial charge in [0.2, 0.25) is 0 Å². The van der Waals surface area contributed by atoms with Crippen molar-refractivity contribution in [3.63, 3.8) is 0 Å². The van der Waals surface area contributed by atoms with Crippen molar-refractivity contribution >= 4 is 62.2 Å². The highest BCUT2D eigenvalue weighted by Crippen LogP contribution is 2.40. The van der Waals surface area contributed by atoms with Crippen molar-refractivity contribution in [1.29, 1.82) is 0 Å². The first-order valence-corrected chi connectivity index (χ1v) is 12.5. The molecule has 0 aliphatic carbocycles. The Bertz CT molecular complexity index is 1280. The number of rotatable bonds is 7. The lowest BCUT2D eigenvalue weighted by molar-refractivity contribution is -0.113. The summed E-state index contributed by atoms with van der Waals surface area (Å²) >= 11 is 10.5. The lowest BCUT2D eigenvalue weighted by Crippen LogP contribution is -2.27. The zero-order valence-corrected chi connectivity index (χ0v) is 21.7. The highest BCUT2D eigenvalue weighted by Gasteiger charge is 2.36. The van der Waals surface area contributed by atoms with E-state index < -0.39 is 5.91 Å². The van der Waals surface area contributed by atoms with E-state index in [0.29, 0.717) is 50.4 Å². The minimum atomic E-state index is -0.397. The van der Waals surface area contributed by atoms with Gasteiger partial charge in [-0.3, -0.25) is 9.59 Å². The van der Waals surface area contributed by atoms with Crippen molar-refractivity contribution in [2.45, 2.75) is 20.5 Å². The van der Waals surface area contributed by atoms with Crippen LogP contribution in [-0.2, 0) is 11.4 Å². The molecule has 1 saturated heterocycles. The smallest absolute Gasteiger partial charge is 0.298 e. The van der Waals surface area contributed by atoms with Crippen LogP contribution < -0.4 is 14.4 Å². The molecular weight excluding hydrogens is 538 g/mol. The van der Waals surface area contributed by atoms with Crippen LogP contribution in [0.25, 0.3) is 6.08 Å². The SMILES string of the molecule is CCOc1cc(/C=C2/SC(=O)N(c3cccc(Cl)c3)C2=O)cc(Br)c1OCc1ccc(C)cc1.